The zero-order valence-corrected chi connectivity index (χ0v) is 40.0. The van der Waals surface area contributed by atoms with Crippen molar-refractivity contribution in [1.29, 1.82) is 0 Å². The van der Waals surface area contributed by atoms with E-state index in [2.05, 4.69) is 192 Å². The molecule has 0 bridgehead atoms. The van der Waals surface area contributed by atoms with Crippen molar-refractivity contribution < 1.29 is 0 Å². The molecule has 1 aliphatic heterocycles. The van der Waals surface area contributed by atoms with Crippen molar-refractivity contribution in [3.8, 4) is 22.3 Å². The summed E-state index contributed by atoms with van der Waals surface area (Å²) in [6.45, 7) is 28.6. The number of benzene rings is 6. The number of rotatable bonds is 4. The first-order chi connectivity index (χ1) is 28.8. The molecule has 1 aliphatic carbocycles. The molecule has 308 valence electrons. The van der Waals surface area contributed by atoms with E-state index >= 15 is 0 Å². The van der Waals surface area contributed by atoms with E-state index in [9.17, 15) is 0 Å². The number of hydrogen-bond acceptors (Lipinski definition) is 3. The zero-order valence-electron chi connectivity index (χ0n) is 38.3. The summed E-state index contributed by atoms with van der Waals surface area (Å²) >= 11 is 3.93. The molecule has 0 spiro atoms. The highest BCUT2D eigenvalue weighted by atomic mass is 32.1. The molecule has 10 rings (SSSR count). The van der Waals surface area contributed by atoms with E-state index < -0.39 is 0 Å². The molecule has 1 unspecified atom stereocenters. The Bertz CT molecular complexity index is 3070. The van der Waals surface area contributed by atoms with E-state index in [-0.39, 0.29) is 27.6 Å². The van der Waals surface area contributed by atoms with Crippen LogP contribution in [0, 0.1) is 6.92 Å². The van der Waals surface area contributed by atoms with Gasteiger partial charge in [0.2, 0.25) is 7.28 Å². The third kappa shape index (κ3) is 6.70. The van der Waals surface area contributed by atoms with Gasteiger partial charge in [0.1, 0.15) is 0 Å². The first-order valence-corrected chi connectivity index (χ1v) is 24.1. The molecule has 0 amide bonds. The number of anilines is 2. The molecule has 61 heavy (non-hydrogen) atoms. The summed E-state index contributed by atoms with van der Waals surface area (Å²) in [6.07, 6.45) is 2.37. The second-order valence-electron chi connectivity index (χ2n) is 21.8. The molecule has 0 fully saturated rings. The summed E-state index contributed by atoms with van der Waals surface area (Å²) in [6, 6.07) is 40.5. The normalized spacial score (nSPS) is 17.0. The molecule has 2 aliphatic rings. The minimum Gasteiger partial charge on any atom is -0.355 e. The molecule has 1 atom stereocenters. The topological polar surface area (TPSA) is 12.0 Å². The lowest BCUT2D eigenvalue weighted by Gasteiger charge is -2.42. The van der Waals surface area contributed by atoms with Gasteiger partial charge in [0, 0.05) is 47.7 Å². The van der Waals surface area contributed by atoms with Crippen LogP contribution in [-0.4, -0.2) is 7.28 Å². The van der Waals surface area contributed by atoms with Crippen LogP contribution >= 0.6 is 22.7 Å². The lowest BCUT2D eigenvalue weighted by atomic mass is 9.55. The number of fused-ring (bicyclic) bond motifs is 8. The molecular formula is C57H60BNS2. The van der Waals surface area contributed by atoms with E-state index in [1.807, 2.05) is 22.7 Å². The molecule has 0 radical (unpaired) electrons. The van der Waals surface area contributed by atoms with Gasteiger partial charge >= 0.3 is 0 Å². The minimum atomic E-state index is 0.0816. The maximum absolute atomic E-state index is 4.04. The summed E-state index contributed by atoms with van der Waals surface area (Å²) < 4.78 is 5.65. The Morgan fingerprint density at radius 3 is 1.92 bits per heavy atom. The van der Waals surface area contributed by atoms with Gasteiger partial charge in [-0.2, -0.15) is 0 Å². The third-order valence-electron chi connectivity index (χ3n) is 14.6. The zero-order chi connectivity index (χ0) is 43.0. The number of thiophene rings is 2. The summed E-state index contributed by atoms with van der Waals surface area (Å²) in [5, 5.41) is 8.20. The Hall–Kier alpha value is -4.64. The molecular weight excluding hydrogens is 774 g/mol. The maximum atomic E-state index is 4.04. The fourth-order valence-electron chi connectivity index (χ4n) is 10.7. The summed E-state index contributed by atoms with van der Waals surface area (Å²) in [4.78, 5) is 0. The second kappa shape index (κ2) is 13.9. The fraction of sp³-hybridized carbons (Fsp3) is 0.333. The van der Waals surface area contributed by atoms with Crippen molar-refractivity contribution in [2.45, 2.75) is 124 Å². The van der Waals surface area contributed by atoms with Crippen molar-refractivity contribution in [2.75, 3.05) is 5.32 Å². The van der Waals surface area contributed by atoms with Crippen LogP contribution in [0.2, 0.25) is 0 Å². The Labute approximate surface area is 372 Å². The molecule has 1 nitrogen and oxygen atoms in total. The standard InChI is InChI=1S/C57H60BNS2/c1-32-27-49-42(37-15-13-14-16-47(37)60-49)29-40(32)38-22-23-39(52-50(38)33(2)51-43-28-35(55(6,7)8)19-24-48(43)61-53(51)58-52)41-30-44-45(57(11,12)26-25-56(44,9)10)31-46(41)59-36-20-17-34(18-21-36)54(3,4)5/h13-24,27-31,33,58-59H,25-26H2,1-12H3. The third-order valence-corrected chi connectivity index (χ3v) is 16.9. The van der Waals surface area contributed by atoms with Gasteiger partial charge in [-0.1, -0.05) is 130 Å². The van der Waals surface area contributed by atoms with E-state index in [4.69, 9.17) is 0 Å². The molecule has 0 saturated heterocycles. The fourth-order valence-corrected chi connectivity index (χ4v) is 13.2. The van der Waals surface area contributed by atoms with E-state index in [1.165, 1.54) is 120 Å². The van der Waals surface area contributed by atoms with Crippen LogP contribution in [0.15, 0.2) is 103 Å². The molecule has 2 aromatic heterocycles. The highest BCUT2D eigenvalue weighted by Gasteiger charge is 2.39. The SMILES string of the molecule is Cc1cc2sc3ccccc3c2cc1-c1ccc(-c2cc3c(cc2Nc2ccc(C(C)(C)C)cc2)C(C)(C)CCC3(C)C)c2c1C(C)c1c(sc3ccc(C(C)(C)C)cc13)B2. The number of aryl methyl sites for hydroxylation is 1. The van der Waals surface area contributed by atoms with Crippen LogP contribution < -0.4 is 15.6 Å². The van der Waals surface area contributed by atoms with Gasteiger partial charge in [-0.15, -0.1) is 22.7 Å². The Morgan fingerprint density at radius 1 is 0.574 bits per heavy atom. The number of nitrogens with one attached hydrogen (secondary N) is 1. The van der Waals surface area contributed by atoms with Crippen molar-refractivity contribution in [3.63, 3.8) is 0 Å². The summed E-state index contributed by atoms with van der Waals surface area (Å²) in [5.41, 5.74) is 19.7. The second-order valence-corrected chi connectivity index (χ2v) is 24.0. The average molecular weight is 834 g/mol. The molecule has 6 aromatic carbocycles. The van der Waals surface area contributed by atoms with Crippen molar-refractivity contribution in [1.82, 2.24) is 0 Å². The first kappa shape index (κ1) is 40.4. The van der Waals surface area contributed by atoms with E-state index in [0.717, 1.165) is 13.0 Å². The van der Waals surface area contributed by atoms with Crippen LogP contribution in [0.5, 0.6) is 0 Å². The van der Waals surface area contributed by atoms with E-state index in [1.54, 1.807) is 0 Å². The smallest absolute Gasteiger partial charge is 0.206 e. The molecule has 0 saturated carbocycles. The van der Waals surface area contributed by atoms with Crippen molar-refractivity contribution in [3.05, 3.63) is 142 Å². The Kier molecular flexibility index (Phi) is 9.24. The molecule has 4 heteroatoms. The maximum Gasteiger partial charge on any atom is 0.206 e. The van der Waals surface area contributed by atoms with Gasteiger partial charge < -0.3 is 5.32 Å². The first-order valence-electron chi connectivity index (χ1n) is 22.5. The van der Waals surface area contributed by atoms with Gasteiger partial charge in [0.15, 0.2) is 0 Å². The number of hydrogen-bond donors (Lipinski definition) is 1. The summed E-state index contributed by atoms with van der Waals surface area (Å²) in [5.74, 6) is 0.223. The monoisotopic (exact) mass is 833 g/mol. The van der Waals surface area contributed by atoms with E-state index in [0.29, 0.717) is 0 Å². The predicted octanol–water partition coefficient (Wildman–Crippen LogP) is 15.5. The summed E-state index contributed by atoms with van der Waals surface area (Å²) in [7, 11) is 0.927. The van der Waals surface area contributed by atoms with Crippen molar-refractivity contribution >= 4 is 81.8 Å². The molecule has 1 N–H and O–H groups in total. The lowest BCUT2D eigenvalue weighted by Crippen LogP contribution is -2.39. The Morgan fingerprint density at radius 2 is 1.21 bits per heavy atom. The average Bonchev–Trinajstić information content (AvgIpc) is 3.76. The van der Waals surface area contributed by atoms with Crippen LogP contribution in [0.4, 0.5) is 11.4 Å². The van der Waals surface area contributed by atoms with Crippen LogP contribution in [0.3, 0.4) is 0 Å². The van der Waals surface area contributed by atoms with Crippen LogP contribution in [0.1, 0.15) is 134 Å². The largest absolute Gasteiger partial charge is 0.355 e. The van der Waals surface area contributed by atoms with Gasteiger partial charge in [0.25, 0.3) is 0 Å². The predicted molar refractivity (Wildman–Crippen MR) is 273 cm³/mol. The van der Waals surface area contributed by atoms with Crippen LogP contribution in [0.25, 0.3) is 52.5 Å². The highest BCUT2D eigenvalue weighted by Crippen LogP contribution is 2.51. The van der Waals surface area contributed by atoms with Crippen LogP contribution in [-0.2, 0) is 21.7 Å². The molecule has 3 heterocycles. The lowest BCUT2D eigenvalue weighted by molar-refractivity contribution is 0.332. The quantitative estimate of drug-likeness (QED) is 0.174. The highest BCUT2D eigenvalue weighted by molar-refractivity contribution is 7.28. The van der Waals surface area contributed by atoms with Gasteiger partial charge in [0.05, 0.1) is 0 Å². The van der Waals surface area contributed by atoms with Gasteiger partial charge in [-0.25, -0.2) is 0 Å². The Balaban J connectivity index is 1.24. The van der Waals surface area contributed by atoms with Gasteiger partial charge in [-0.05, 0) is 162 Å². The molecule has 8 aromatic rings. The van der Waals surface area contributed by atoms with Crippen molar-refractivity contribution in [2.24, 2.45) is 0 Å². The van der Waals surface area contributed by atoms with Gasteiger partial charge in [-0.3, -0.25) is 0 Å². The minimum absolute atomic E-state index is 0.0816.